The van der Waals surface area contributed by atoms with Crippen LogP contribution in [0.15, 0.2) is 61.2 Å². The molecule has 2 aromatic carbocycles. The van der Waals surface area contributed by atoms with Crippen LogP contribution in [-0.2, 0) is 0 Å². The molecule has 0 saturated heterocycles. The van der Waals surface area contributed by atoms with Gasteiger partial charge in [0.1, 0.15) is 11.9 Å². The molecule has 1 heterocycles. The second-order valence-electron chi connectivity index (χ2n) is 6.94. The highest BCUT2D eigenvalue weighted by Crippen LogP contribution is 2.34. The molecule has 0 aliphatic carbocycles. The van der Waals surface area contributed by atoms with E-state index >= 15 is 0 Å². The summed E-state index contributed by atoms with van der Waals surface area (Å²) in [7, 11) is 0. The number of nitrogens with one attached hydrogen (secondary N) is 1. The van der Waals surface area contributed by atoms with Crippen molar-refractivity contribution in [2.45, 2.75) is 26.4 Å². The second kappa shape index (κ2) is 8.09. The molecule has 1 unspecified atom stereocenters. The highest BCUT2D eigenvalue weighted by molar-refractivity contribution is 6.01. The molecule has 26 heavy (non-hydrogen) atoms. The standard InChI is InChI=1S/C22H26N2O2/c1-4-13-24-21(23-20-11-6-5-10-19(20)22(24)25)17-8-7-9-18(15-17)26-14-12-16(2)3/h4-11,15-16,21,23H,1,12-14H2,2-3H3. The molecule has 0 aromatic heterocycles. The number of amides is 1. The van der Waals surface area contributed by atoms with E-state index in [-0.39, 0.29) is 12.1 Å². The zero-order valence-corrected chi connectivity index (χ0v) is 15.4. The molecule has 1 aliphatic rings. The fourth-order valence-electron chi connectivity index (χ4n) is 3.07. The average molecular weight is 350 g/mol. The maximum atomic E-state index is 12.9. The number of rotatable bonds is 7. The Bertz CT molecular complexity index is 785. The molecule has 4 heteroatoms. The Morgan fingerprint density at radius 2 is 2.04 bits per heavy atom. The van der Waals surface area contributed by atoms with Crippen LogP contribution in [0.25, 0.3) is 0 Å². The molecule has 1 aliphatic heterocycles. The van der Waals surface area contributed by atoms with E-state index in [9.17, 15) is 4.79 Å². The van der Waals surface area contributed by atoms with Crippen LogP contribution < -0.4 is 10.1 Å². The van der Waals surface area contributed by atoms with Gasteiger partial charge in [0.15, 0.2) is 0 Å². The van der Waals surface area contributed by atoms with Gasteiger partial charge in [0.05, 0.1) is 12.2 Å². The molecule has 0 spiro atoms. The van der Waals surface area contributed by atoms with Crippen molar-refractivity contribution in [3.63, 3.8) is 0 Å². The zero-order valence-electron chi connectivity index (χ0n) is 15.4. The van der Waals surface area contributed by atoms with E-state index in [1.54, 1.807) is 11.0 Å². The SMILES string of the molecule is C=CCN1C(=O)c2ccccc2NC1c1cccc(OCCC(C)C)c1. The molecule has 136 valence electrons. The molecule has 1 N–H and O–H groups in total. The molecule has 0 bridgehead atoms. The van der Waals surface area contributed by atoms with Crippen LogP contribution >= 0.6 is 0 Å². The fourth-order valence-corrected chi connectivity index (χ4v) is 3.07. The van der Waals surface area contributed by atoms with Crippen LogP contribution in [0.5, 0.6) is 5.75 Å². The van der Waals surface area contributed by atoms with Crippen molar-refractivity contribution in [2.75, 3.05) is 18.5 Å². The van der Waals surface area contributed by atoms with E-state index in [4.69, 9.17) is 4.74 Å². The fraction of sp³-hybridized carbons (Fsp3) is 0.318. The Morgan fingerprint density at radius 1 is 1.23 bits per heavy atom. The maximum Gasteiger partial charge on any atom is 0.258 e. The minimum atomic E-state index is -0.246. The minimum absolute atomic E-state index is 0.00961. The first-order chi connectivity index (χ1) is 12.6. The first kappa shape index (κ1) is 18.1. The molecule has 3 rings (SSSR count). The highest BCUT2D eigenvalue weighted by atomic mass is 16.5. The predicted octanol–water partition coefficient (Wildman–Crippen LogP) is 4.86. The third-order valence-electron chi connectivity index (χ3n) is 4.49. The van der Waals surface area contributed by atoms with Gasteiger partial charge in [-0.3, -0.25) is 4.79 Å². The number of hydrogen-bond donors (Lipinski definition) is 1. The van der Waals surface area contributed by atoms with E-state index in [1.165, 1.54) is 0 Å². The van der Waals surface area contributed by atoms with Crippen molar-refractivity contribution in [3.8, 4) is 5.75 Å². The Hall–Kier alpha value is -2.75. The van der Waals surface area contributed by atoms with Gasteiger partial charge in [-0.05, 0) is 42.2 Å². The van der Waals surface area contributed by atoms with Gasteiger partial charge in [-0.15, -0.1) is 6.58 Å². The van der Waals surface area contributed by atoms with Gasteiger partial charge in [-0.25, -0.2) is 0 Å². The number of fused-ring (bicyclic) bond motifs is 1. The average Bonchev–Trinajstić information content (AvgIpc) is 2.64. The topological polar surface area (TPSA) is 41.6 Å². The number of nitrogens with zero attached hydrogens (tertiary/aromatic N) is 1. The molecular weight excluding hydrogens is 324 g/mol. The lowest BCUT2D eigenvalue weighted by atomic mass is 10.0. The minimum Gasteiger partial charge on any atom is -0.494 e. The van der Waals surface area contributed by atoms with E-state index in [1.807, 2.05) is 48.5 Å². The van der Waals surface area contributed by atoms with Gasteiger partial charge in [0, 0.05) is 12.2 Å². The lowest BCUT2D eigenvalue weighted by Gasteiger charge is -2.37. The van der Waals surface area contributed by atoms with Gasteiger partial charge in [-0.2, -0.15) is 0 Å². The predicted molar refractivity (Wildman–Crippen MR) is 105 cm³/mol. The summed E-state index contributed by atoms with van der Waals surface area (Å²) in [6.07, 6.45) is 2.52. The largest absolute Gasteiger partial charge is 0.494 e. The Balaban J connectivity index is 1.87. The lowest BCUT2D eigenvalue weighted by molar-refractivity contribution is 0.0707. The monoisotopic (exact) mass is 350 g/mol. The van der Waals surface area contributed by atoms with E-state index in [0.717, 1.165) is 23.4 Å². The molecule has 2 aromatic rings. The third kappa shape index (κ3) is 3.90. The number of anilines is 1. The first-order valence-corrected chi connectivity index (χ1v) is 9.10. The van der Waals surface area contributed by atoms with E-state index in [2.05, 4.69) is 25.7 Å². The van der Waals surface area contributed by atoms with Crippen LogP contribution in [0.4, 0.5) is 5.69 Å². The van der Waals surface area contributed by atoms with Crippen LogP contribution in [0.3, 0.4) is 0 Å². The summed E-state index contributed by atoms with van der Waals surface area (Å²) in [4.78, 5) is 14.7. The Morgan fingerprint density at radius 3 is 2.81 bits per heavy atom. The van der Waals surface area contributed by atoms with E-state index in [0.29, 0.717) is 24.6 Å². The smallest absolute Gasteiger partial charge is 0.258 e. The first-order valence-electron chi connectivity index (χ1n) is 9.10. The molecule has 1 atom stereocenters. The summed E-state index contributed by atoms with van der Waals surface area (Å²) in [5.74, 6) is 1.44. The maximum absolute atomic E-state index is 12.9. The van der Waals surface area contributed by atoms with Gasteiger partial charge in [-0.1, -0.05) is 44.2 Å². The summed E-state index contributed by atoms with van der Waals surface area (Å²) in [5.41, 5.74) is 2.54. The van der Waals surface area contributed by atoms with Gasteiger partial charge in [0.25, 0.3) is 5.91 Å². The number of para-hydroxylation sites is 1. The van der Waals surface area contributed by atoms with Crippen LogP contribution in [0, 0.1) is 5.92 Å². The Kier molecular flexibility index (Phi) is 5.61. The quantitative estimate of drug-likeness (QED) is 0.725. The number of ether oxygens (including phenoxy) is 1. The normalized spacial score (nSPS) is 16.2. The Labute approximate surface area is 155 Å². The van der Waals surface area contributed by atoms with Gasteiger partial charge >= 0.3 is 0 Å². The van der Waals surface area contributed by atoms with Crippen molar-refractivity contribution < 1.29 is 9.53 Å². The van der Waals surface area contributed by atoms with Crippen LogP contribution in [0.2, 0.25) is 0 Å². The highest BCUT2D eigenvalue weighted by Gasteiger charge is 2.32. The lowest BCUT2D eigenvalue weighted by Crippen LogP contribution is -2.42. The van der Waals surface area contributed by atoms with Crippen LogP contribution in [-0.4, -0.2) is 24.0 Å². The molecule has 0 fully saturated rings. The summed E-state index contributed by atoms with van der Waals surface area (Å²) in [6, 6.07) is 15.6. The second-order valence-corrected chi connectivity index (χ2v) is 6.94. The van der Waals surface area contributed by atoms with Crippen molar-refractivity contribution >= 4 is 11.6 Å². The van der Waals surface area contributed by atoms with Crippen LogP contribution in [0.1, 0.15) is 42.4 Å². The van der Waals surface area contributed by atoms with Gasteiger partial charge in [0.2, 0.25) is 0 Å². The number of benzene rings is 2. The number of hydrogen-bond acceptors (Lipinski definition) is 3. The molecule has 1 amide bonds. The third-order valence-corrected chi connectivity index (χ3v) is 4.49. The van der Waals surface area contributed by atoms with Crippen molar-refractivity contribution in [2.24, 2.45) is 5.92 Å². The molecular formula is C22H26N2O2. The summed E-state index contributed by atoms with van der Waals surface area (Å²) >= 11 is 0. The molecule has 4 nitrogen and oxygen atoms in total. The van der Waals surface area contributed by atoms with Gasteiger partial charge < -0.3 is 15.0 Å². The van der Waals surface area contributed by atoms with Crippen molar-refractivity contribution in [3.05, 3.63) is 72.3 Å². The summed E-state index contributed by atoms with van der Waals surface area (Å²) in [5, 5.41) is 3.48. The molecule has 0 radical (unpaired) electrons. The summed E-state index contributed by atoms with van der Waals surface area (Å²) in [6.45, 7) is 9.33. The number of carbonyl (C=O) groups excluding carboxylic acids is 1. The zero-order chi connectivity index (χ0) is 18.5. The van der Waals surface area contributed by atoms with E-state index < -0.39 is 0 Å². The van der Waals surface area contributed by atoms with Crippen molar-refractivity contribution in [1.82, 2.24) is 4.90 Å². The number of carbonyl (C=O) groups is 1. The summed E-state index contributed by atoms with van der Waals surface area (Å²) < 4.78 is 5.89. The van der Waals surface area contributed by atoms with Crippen molar-refractivity contribution in [1.29, 1.82) is 0 Å². The molecule has 0 saturated carbocycles.